The zero-order chi connectivity index (χ0) is 5.56. The third-order valence-corrected chi connectivity index (χ3v) is 2.30. The number of piperidine rings is 1. The van der Waals surface area contributed by atoms with Crippen LogP contribution in [0.4, 0.5) is 0 Å². The predicted octanol–water partition coefficient (Wildman–Crippen LogP) is -0.271. The Morgan fingerprint density at radius 2 is 2.25 bits per heavy atom. The Balaban J connectivity index is 2.11. The summed E-state index contributed by atoms with van der Waals surface area (Å²) in [5, 5.41) is 12.4. The van der Waals surface area contributed by atoms with Crippen LogP contribution in [0, 0.1) is 5.92 Å². The number of nitrogens with one attached hydrogen (secondary N) is 1. The molecule has 0 aromatic rings. The van der Waals surface area contributed by atoms with Crippen molar-refractivity contribution in [2.75, 3.05) is 6.54 Å². The van der Waals surface area contributed by atoms with Crippen molar-refractivity contribution in [1.82, 2.24) is 5.32 Å². The van der Waals surface area contributed by atoms with Gasteiger partial charge in [-0.25, -0.2) is 0 Å². The average molecular weight is 113 g/mol. The molecule has 0 aromatic heterocycles. The first kappa shape index (κ1) is 4.77. The zero-order valence-electron chi connectivity index (χ0n) is 4.80. The second-order valence-electron chi connectivity index (χ2n) is 2.92. The molecule has 1 saturated heterocycles. The molecular weight excluding hydrogens is 102 g/mol. The molecule has 2 aliphatic rings. The molecule has 2 fully saturated rings. The molecule has 2 N–H and O–H groups in total. The van der Waals surface area contributed by atoms with E-state index in [-0.39, 0.29) is 6.10 Å². The van der Waals surface area contributed by atoms with E-state index in [0.29, 0.717) is 6.04 Å². The first-order valence-corrected chi connectivity index (χ1v) is 3.28. The molecule has 1 saturated carbocycles. The van der Waals surface area contributed by atoms with E-state index in [9.17, 15) is 0 Å². The number of aliphatic hydroxyl groups is 1. The van der Waals surface area contributed by atoms with Crippen LogP contribution in [0.15, 0.2) is 0 Å². The highest BCUT2D eigenvalue weighted by molar-refractivity contribution is 4.95. The molecule has 2 nitrogen and oxygen atoms in total. The topological polar surface area (TPSA) is 32.3 Å². The SMILES string of the molecule is OC1CC2CNC1C2. The normalized spacial score (nSPS) is 52.9. The quantitative estimate of drug-likeness (QED) is 0.453. The van der Waals surface area contributed by atoms with Crippen molar-refractivity contribution >= 4 is 0 Å². The number of hydrogen-bond acceptors (Lipinski definition) is 2. The molecule has 2 bridgehead atoms. The van der Waals surface area contributed by atoms with E-state index >= 15 is 0 Å². The van der Waals surface area contributed by atoms with Gasteiger partial charge in [-0.3, -0.25) is 0 Å². The summed E-state index contributed by atoms with van der Waals surface area (Å²) in [5.41, 5.74) is 0. The van der Waals surface area contributed by atoms with Crippen LogP contribution in [0.2, 0.25) is 0 Å². The molecule has 1 aliphatic heterocycles. The fourth-order valence-corrected chi connectivity index (χ4v) is 1.82. The van der Waals surface area contributed by atoms with Crippen LogP contribution in [0.1, 0.15) is 12.8 Å². The summed E-state index contributed by atoms with van der Waals surface area (Å²) in [6, 6.07) is 0.444. The van der Waals surface area contributed by atoms with Gasteiger partial charge in [-0.05, 0) is 25.3 Å². The largest absolute Gasteiger partial charge is 0.391 e. The van der Waals surface area contributed by atoms with E-state index in [2.05, 4.69) is 5.32 Å². The van der Waals surface area contributed by atoms with Crippen LogP contribution in [0.5, 0.6) is 0 Å². The second-order valence-corrected chi connectivity index (χ2v) is 2.92. The summed E-state index contributed by atoms with van der Waals surface area (Å²) in [4.78, 5) is 0. The maximum atomic E-state index is 9.16. The molecule has 1 heterocycles. The molecule has 3 atom stereocenters. The molecular formula is C6H11NO. The van der Waals surface area contributed by atoms with Gasteiger partial charge in [-0.2, -0.15) is 0 Å². The van der Waals surface area contributed by atoms with Crippen LogP contribution in [-0.4, -0.2) is 23.8 Å². The highest BCUT2D eigenvalue weighted by Gasteiger charge is 2.37. The first-order valence-electron chi connectivity index (χ1n) is 3.28. The lowest BCUT2D eigenvalue weighted by Crippen LogP contribution is -2.36. The van der Waals surface area contributed by atoms with Gasteiger partial charge in [-0.1, -0.05) is 0 Å². The summed E-state index contributed by atoms with van der Waals surface area (Å²) in [7, 11) is 0. The molecule has 2 rings (SSSR count). The molecule has 0 spiro atoms. The van der Waals surface area contributed by atoms with Gasteiger partial charge in [0.2, 0.25) is 0 Å². The monoisotopic (exact) mass is 113 g/mol. The van der Waals surface area contributed by atoms with Crippen LogP contribution in [0.25, 0.3) is 0 Å². The van der Waals surface area contributed by atoms with Crippen molar-refractivity contribution in [3.63, 3.8) is 0 Å². The number of aliphatic hydroxyl groups excluding tert-OH is 1. The maximum absolute atomic E-state index is 9.16. The zero-order valence-corrected chi connectivity index (χ0v) is 4.80. The van der Waals surface area contributed by atoms with Gasteiger partial charge < -0.3 is 10.4 Å². The van der Waals surface area contributed by atoms with Gasteiger partial charge in [0.15, 0.2) is 0 Å². The van der Waals surface area contributed by atoms with Crippen molar-refractivity contribution in [2.45, 2.75) is 25.0 Å². The molecule has 3 unspecified atom stereocenters. The smallest absolute Gasteiger partial charge is 0.0696 e. The van der Waals surface area contributed by atoms with E-state index in [1.54, 1.807) is 0 Å². The third-order valence-electron chi connectivity index (χ3n) is 2.30. The van der Waals surface area contributed by atoms with Gasteiger partial charge in [0.25, 0.3) is 0 Å². The lowest BCUT2D eigenvalue weighted by atomic mass is 10.1. The second kappa shape index (κ2) is 1.45. The summed E-state index contributed by atoms with van der Waals surface area (Å²) >= 11 is 0. The molecule has 0 radical (unpaired) electrons. The first-order chi connectivity index (χ1) is 3.86. The number of rotatable bonds is 0. The minimum atomic E-state index is -0.0336. The predicted molar refractivity (Wildman–Crippen MR) is 30.5 cm³/mol. The van der Waals surface area contributed by atoms with Crippen molar-refractivity contribution in [3.05, 3.63) is 0 Å². The van der Waals surface area contributed by atoms with Crippen LogP contribution >= 0.6 is 0 Å². The van der Waals surface area contributed by atoms with Crippen molar-refractivity contribution < 1.29 is 5.11 Å². The highest BCUT2D eigenvalue weighted by atomic mass is 16.3. The lowest BCUT2D eigenvalue weighted by Gasteiger charge is -2.16. The van der Waals surface area contributed by atoms with Gasteiger partial charge >= 0.3 is 0 Å². The lowest BCUT2D eigenvalue weighted by molar-refractivity contribution is 0.134. The van der Waals surface area contributed by atoms with E-state index in [4.69, 9.17) is 5.11 Å². The maximum Gasteiger partial charge on any atom is 0.0696 e. The van der Waals surface area contributed by atoms with Gasteiger partial charge in [0.1, 0.15) is 0 Å². The van der Waals surface area contributed by atoms with Crippen molar-refractivity contribution in [1.29, 1.82) is 0 Å². The van der Waals surface area contributed by atoms with Gasteiger partial charge in [0, 0.05) is 6.04 Å². The van der Waals surface area contributed by atoms with E-state index < -0.39 is 0 Å². The third kappa shape index (κ3) is 0.501. The fourth-order valence-electron chi connectivity index (χ4n) is 1.82. The standard InChI is InChI=1S/C6H11NO/c8-6-2-4-1-5(6)7-3-4/h4-8H,1-3H2. The molecule has 0 amide bonds. The molecule has 1 aliphatic carbocycles. The van der Waals surface area contributed by atoms with Gasteiger partial charge in [0.05, 0.1) is 6.10 Å². The van der Waals surface area contributed by atoms with Crippen LogP contribution in [-0.2, 0) is 0 Å². The Labute approximate surface area is 48.9 Å². The molecule has 8 heavy (non-hydrogen) atoms. The Morgan fingerprint density at radius 1 is 1.38 bits per heavy atom. The summed E-state index contributed by atoms with van der Waals surface area (Å²) < 4.78 is 0. The van der Waals surface area contributed by atoms with Crippen molar-refractivity contribution in [2.24, 2.45) is 5.92 Å². The number of hydrogen-bond donors (Lipinski definition) is 2. The number of fused-ring (bicyclic) bond motifs is 2. The molecule has 0 aromatic carbocycles. The van der Waals surface area contributed by atoms with E-state index in [1.165, 1.54) is 6.42 Å². The Bertz CT molecular complexity index is 103. The minimum absolute atomic E-state index is 0.0336. The average Bonchev–Trinajstić information content (AvgIpc) is 2.23. The molecule has 46 valence electrons. The van der Waals surface area contributed by atoms with E-state index in [1.807, 2.05) is 0 Å². The summed E-state index contributed by atoms with van der Waals surface area (Å²) in [6.45, 7) is 1.14. The van der Waals surface area contributed by atoms with Crippen molar-refractivity contribution in [3.8, 4) is 0 Å². The minimum Gasteiger partial charge on any atom is -0.391 e. The van der Waals surface area contributed by atoms with E-state index in [0.717, 1.165) is 18.9 Å². The van der Waals surface area contributed by atoms with Crippen LogP contribution < -0.4 is 5.32 Å². The highest BCUT2D eigenvalue weighted by Crippen LogP contribution is 2.30. The summed E-state index contributed by atoms with van der Waals surface area (Å²) in [5.74, 6) is 0.787. The van der Waals surface area contributed by atoms with Crippen LogP contribution in [0.3, 0.4) is 0 Å². The Morgan fingerprint density at radius 3 is 2.50 bits per heavy atom. The Kier molecular flexibility index (Phi) is 0.866. The fraction of sp³-hybridized carbons (Fsp3) is 1.00. The van der Waals surface area contributed by atoms with Gasteiger partial charge in [-0.15, -0.1) is 0 Å². The Hall–Kier alpha value is -0.0800. The summed E-state index contributed by atoms with van der Waals surface area (Å²) in [6.07, 6.45) is 2.22. The molecule has 2 heteroatoms.